The first kappa shape index (κ1) is 13.5. The molecule has 0 heterocycles. The zero-order chi connectivity index (χ0) is 12.9. The minimum Gasteiger partial charge on any atom is -0.491 e. The van der Waals surface area contributed by atoms with Crippen LogP contribution >= 0.6 is 0 Å². The quantitative estimate of drug-likeness (QED) is 0.825. The molecule has 1 amide bonds. The van der Waals surface area contributed by atoms with Crippen LogP contribution in [0.15, 0.2) is 24.3 Å². The molecule has 1 atom stereocenters. The number of nitrogens with one attached hydrogen (secondary N) is 1. The van der Waals surface area contributed by atoms with Crippen LogP contribution in [0.5, 0.6) is 5.75 Å². The van der Waals surface area contributed by atoms with Gasteiger partial charge in [-0.05, 0) is 37.6 Å². The zero-order valence-corrected chi connectivity index (χ0v) is 10.5. The highest BCUT2D eigenvalue weighted by Crippen LogP contribution is 2.18. The van der Waals surface area contributed by atoms with E-state index in [1.807, 2.05) is 6.92 Å². The molecular weight excluding hydrogens is 218 g/mol. The van der Waals surface area contributed by atoms with Gasteiger partial charge >= 0.3 is 0 Å². The van der Waals surface area contributed by atoms with Gasteiger partial charge < -0.3 is 15.2 Å². The van der Waals surface area contributed by atoms with Gasteiger partial charge in [0.1, 0.15) is 12.4 Å². The van der Waals surface area contributed by atoms with Crippen LogP contribution in [0.3, 0.4) is 0 Å². The van der Waals surface area contributed by atoms with Crippen LogP contribution in [0.1, 0.15) is 27.2 Å². The highest BCUT2D eigenvalue weighted by Gasteiger charge is 2.18. The molecule has 1 aromatic rings. The predicted octanol–water partition coefficient (Wildman–Crippen LogP) is 2.18. The average molecular weight is 237 g/mol. The topological polar surface area (TPSA) is 58.6 Å². The van der Waals surface area contributed by atoms with Crippen molar-refractivity contribution in [2.75, 3.05) is 11.9 Å². The molecular formula is C13H19NO3. The summed E-state index contributed by atoms with van der Waals surface area (Å²) in [7, 11) is 0. The lowest BCUT2D eigenvalue weighted by Gasteiger charge is -2.21. The Labute approximate surface area is 102 Å². The monoisotopic (exact) mass is 237 g/mol. The number of hydrogen-bond donors (Lipinski definition) is 2. The van der Waals surface area contributed by atoms with E-state index in [4.69, 9.17) is 4.74 Å². The molecule has 2 N–H and O–H groups in total. The Morgan fingerprint density at radius 3 is 2.47 bits per heavy atom. The van der Waals surface area contributed by atoms with Crippen molar-refractivity contribution in [2.45, 2.75) is 32.8 Å². The fourth-order valence-corrected chi connectivity index (χ4v) is 1.18. The second kappa shape index (κ2) is 5.68. The van der Waals surface area contributed by atoms with Crippen LogP contribution < -0.4 is 10.1 Å². The summed E-state index contributed by atoms with van der Waals surface area (Å²) in [6.07, 6.45) is 0.636. The van der Waals surface area contributed by atoms with Crippen molar-refractivity contribution >= 4 is 11.6 Å². The van der Waals surface area contributed by atoms with Crippen LogP contribution in [-0.4, -0.2) is 23.2 Å². The molecule has 1 rings (SSSR count). The summed E-state index contributed by atoms with van der Waals surface area (Å²) in [5, 5.41) is 12.4. The van der Waals surface area contributed by atoms with Gasteiger partial charge in [0.05, 0.1) is 5.60 Å². The largest absolute Gasteiger partial charge is 0.491 e. The summed E-state index contributed by atoms with van der Waals surface area (Å²) in [4.78, 5) is 10.8. The Bertz CT molecular complexity index is 371. The van der Waals surface area contributed by atoms with E-state index >= 15 is 0 Å². The van der Waals surface area contributed by atoms with Gasteiger partial charge in [0.15, 0.2) is 0 Å². The molecule has 17 heavy (non-hydrogen) atoms. The SMILES string of the molecule is CCC(C)(O)COc1ccc(NC(C)=O)cc1. The van der Waals surface area contributed by atoms with Gasteiger partial charge in [0.25, 0.3) is 0 Å². The van der Waals surface area contributed by atoms with Crippen molar-refractivity contribution in [1.82, 2.24) is 0 Å². The molecule has 0 spiro atoms. The average Bonchev–Trinajstić information content (AvgIpc) is 2.28. The maximum Gasteiger partial charge on any atom is 0.221 e. The maximum atomic E-state index is 10.8. The normalized spacial score (nSPS) is 13.9. The molecule has 0 radical (unpaired) electrons. The summed E-state index contributed by atoms with van der Waals surface area (Å²) in [6.45, 7) is 5.35. The molecule has 0 bridgehead atoms. The van der Waals surface area contributed by atoms with E-state index in [0.29, 0.717) is 12.2 Å². The van der Waals surface area contributed by atoms with E-state index in [0.717, 1.165) is 5.69 Å². The summed E-state index contributed by atoms with van der Waals surface area (Å²) in [5.41, 5.74) is -0.0804. The van der Waals surface area contributed by atoms with Crippen molar-refractivity contribution in [2.24, 2.45) is 0 Å². The molecule has 1 unspecified atom stereocenters. The van der Waals surface area contributed by atoms with E-state index in [1.165, 1.54) is 6.92 Å². The molecule has 4 nitrogen and oxygen atoms in total. The summed E-state index contributed by atoms with van der Waals surface area (Å²) < 4.78 is 5.46. The van der Waals surface area contributed by atoms with Crippen molar-refractivity contribution in [1.29, 1.82) is 0 Å². The number of carbonyl (C=O) groups is 1. The lowest BCUT2D eigenvalue weighted by Crippen LogP contribution is -2.31. The highest BCUT2D eigenvalue weighted by molar-refractivity contribution is 5.88. The van der Waals surface area contributed by atoms with Crippen LogP contribution in [0.2, 0.25) is 0 Å². The maximum absolute atomic E-state index is 10.8. The molecule has 94 valence electrons. The summed E-state index contributed by atoms with van der Waals surface area (Å²) in [6, 6.07) is 7.04. The number of benzene rings is 1. The van der Waals surface area contributed by atoms with Crippen LogP contribution in [0, 0.1) is 0 Å². The number of ether oxygens (including phenoxy) is 1. The van der Waals surface area contributed by atoms with Gasteiger partial charge in [-0.1, -0.05) is 6.92 Å². The second-order valence-corrected chi connectivity index (χ2v) is 4.34. The molecule has 0 fully saturated rings. The van der Waals surface area contributed by atoms with E-state index in [2.05, 4.69) is 5.32 Å². The highest BCUT2D eigenvalue weighted by atomic mass is 16.5. The van der Waals surface area contributed by atoms with Crippen molar-refractivity contribution < 1.29 is 14.6 Å². The zero-order valence-electron chi connectivity index (χ0n) is 10.5. The smallest absolute Gasteiger partial charge is 0.221 e. The Kier molecular flexibility index (Phi) is 4.52. The van der Waals surface area contributed by atoms with Gasteiger partial charge in [0, 0.05) is 12.6 Å². The number of carbonyl (C=O) groups excluding carboxylic acids is 1. The molecule has 0 aromatic heterocycles. The van der Waals surface area contributed by atoms with Crippen LogP contribution in [0.4, 0.5) is 5.69 Å². The Balaban J connectivity index is 2.54. The number of hydrogen-bond acceptors (Lipinski definition) is 3. The third-order valence-electron chi connectivity index (χ3n) is 2.49. The van der Waals surface area contributed by atoms with Crippen LogP contribution in [0.25, 0.3) is 0 Å². The first-order valence-corrected chi connectivity index (χ1v) is 5.66. The molecule has 0 aliphatic rings. The first-order chi connectivity index (χ1) is 7.93. The van der Waals surface area contributed by atoms with E-state index in [1.54, 1.807) is 31.2 Å². The number of rotatable bonds is 5. The standard InChI is InChI=1S/C13H19NO3/c1-4-13(3,16)9-17-12-7-5-11(6-8-12)14-10(2)15/h5-8,16H,4,9H2,1-3H3,(H,14,15). The van der Waals surface area contributed by atoms with Crippen LogP contribution in [-0.2, 0) is 4.79 Å². The molecule has 0 aliphatic carbocycles. The molecule has 0 saturated heterocycles. The predicted molar refractivity (Wildman–Crippen MR) is 67.2 cm³/mol. The van der Waals surface area contributed by atoms with Crippen molar-refractivity contribution in [3.05, 3.63) is 24.3 Å². The van der Waals surface area contributed by atoms with Gasteiger partial charge in [0.2, 0.25) is 5.91 Å². The third kappa shape index (κ3) is 4.87. The first-order valence-electron chi connectivity index (χ1n) is 5.66. The van der Waals surface area contributed by atoms with Gasteiger partial charge in [-0.2, -0.15) is 0 Å². The Morgan fingerprint density at radius 1 is 1.41 bits per heavy atom. The number of amides is 1. The van der Waals surface area contributed by atoms with Gasteiger partial charge in [-0.25, -0.2) is 0 Å². The lowest BCUT2D eigenvalue weighted by molar-refractivity contribution is -0.114. The van der Waals surface area contributed by atoms with Gasteiger partial charge in [-0.15, -0.1) is 0 Å². The van der Waals surface area contributed by atoms with E-state index < -0.39 is 5.60 Å². The lowest BCUT2D eigenvalue weighted by atomic mass is 10.1. The third-order valence-corrected chi connectivity index (χ3v) is 2.49. The molecule has 0 saturated carbocycles. The number of aliphatic hydroxyl groups is 1. The van der Waals surface area contributed by atoms with E-state index in [-0.39, 0.29) is 12.5 Å². The minimum atomic E-state index is -0.809. The van der Waals surface area contributed by atoms with E-state index in [9.17, 15) is 9.90 Å². The number of anilines is 1. The molecule has 1 aromatic carbocycles. The fraction of sp³-hybridized carbons (Fsp3) is 0.462. The molecule has 4 heteroatoms. The Morgan fingerprint density at radius 2 is 2.00 bits per heavy atom. The van der Waals surface area contributed by atoms with Gasteiger partial charge in [-0.3, -0.25) is 4.79 Å². The fourth-order valence-electron chi connectivity index (χ4n) is 1.18. The van der Waals surface area contributed by atoms with Crippen molar-refractivity contribution in [3.63, 3.8) is 0 Å². The summed E-state index contributed by atoms with van der Waals surface area (Å²) in [5.74, 6) is 0.570. The minimum absolute atomic E-state index is 0.104. The van der Waals surface area contributed by atoms with Crippen molar-refractivity contribution in [3.8, 4) is 5.75 Å². The molecule has 0 aliphatic heterocycles. The Hall–Kier alpha value is -1.55. The second-order valence-electron chi connectivity index (χ2n) is 4.34. The summed E-state index contributed by atoms with van der Waals surface area (Å²) >= 11 is 0.